The molecule has 2 aromatic heterocycles. The van der Waals surface area contributed by atoms with Crippen LogP contribution in [0.1, 0.15) is 30.1 Å². The summed E-state index contributed by atoms with van der Waals surface area (Å²) in [6, 6.07) is 3.73. The summed E-state index contributed by atoms with van der Waals surface area (Å²) in [6.07, 6.45) is 7.52. The average molecular weight is 287 g/mol. The molecule has 21 heavy (non-hydrogen) atoms. The molecule has 0 aliphatic carbocycles. The second-order valence-corrected chi connectivity index (χ2v) is 5.59. The lowest BCUT2D eigenvalue weighted by molar-refractivity contribution is 0.0754. The molecule has 2 aromatic rings. The van der Waals surface area contributed by atoms with Crippen molar-refractivity contribution in [2.45, 2.75) is 19.8 Å². The Morgan fingerprint density at radius 1 is 1.48 bits per heavy atom. The van der Waals surface area contributed by atoms with E-state index in [4.69, 9.17) is 4.74 Å². The summed E-state index contributed by atoms with van der Waals surface area (Å²) >= 11 is 0. The van der Waals surface area contributed by atoms with E-state index < -0.39 is 0 Å². The number of fused-ring (bicyclic) bond motifs is 1. The molecular formula is C16H21N3O2. The SMILES string of the molecule is CCCOC[C@@H]1CCN(C(=O)c2ccc3nccn3c2)C1. The lowest BCUT2D eigenvalue weighted by Crippen LogP contribution is -2.29. The first kappa shape index (κ1) is 14.1. The standard InChI is InChI=1S/C16H21N3O2/c1-2-9-21-12-13-5-7-19(10-13)16(20)14-3-4-15-17-6-8-18(15)11-14/h3-4,6,8,11,13H,2,5,7,9-10,12H2,1H3/t13-/m1/s1. The Balaban J connectivity index is 1.63. The van der Waals surface area contributed by atoms with E-state index in [0.29, 0.717) is 5.92 Å². The first-order valence-electron chi connectivity index (χ1n) is 7.57. The highest BCUT2D eigenvalue weighted by atomic mass is 16.5. The Labute approximate surface area is 124 Å². The third-order valence-electron chi connectivity index (χ3n) is 3.91. The molecule has 5 nitrogen and oxygen atoms in total. The van der Waals surface area contributed by atoms with Gasteiger partial charge in [-0.2, -0.15) is 0 Å². The first-order chi connectivity index (χ1) is 10.3. The molecule has 1 aliphatic heterocycles. The zero-order valence-electron chi connectivity index (χ0n) is 12.4. The van der Waals surface area contributed by atoms with Crippen LogP contribution >= 0.6 is 0 Å². The molecule has 5 heteroatoms. The average Bonchev–Trinajstić information content (AvgIpc) is 3.15. The highest BCUT2D eigenvalue weighted by molar-refractivity contribution is 5.94. The fraction of sp³-hybridized carbons (Fsp3) is 0.500. The summed E-state index contributed by atoms with van der Waals surface area (Å²) in [6.45, 7) is 5.29. The summed E-state index contributed by atoms with van der Waals surface area (Å²) < 4.78 is 7.48. The number of pyridine rings is 1. The lowest BCUT2D eigenvalue weighted by atomic mass is 10.1. The second-order valence-electron chi connectivity index (χ2n) is 5.59. The van der Waals surface area contributed by atoms with E-state index >= 15 is 0 Å². The maximum Gasteiger partial charge on any atom is 0.255 e. The van der Waals surface area contributed by atoms with Crippen LogP contribution in [0.15, 0.2) is 30.7 Å². The number of rotatable bonds is 5. The number of imidazole rings is 1. The number of carbonyl (C=O) groups excluding carboxylic acids is 1. The van der Waals surface area contributed by atoms with Gasteiger partial charge in [0.05, 0.1) is 12.2 Å². The van der Waals surface area contributed by atoms with Crippen LogP contribution in [0.4, 0.5) is 0 Å². The molecule has 1 atom stereocenters. The topological polar surface area (TPSA) is 46.8 Å². The summed E-state index contributed by atoms with van der Waals surface area (Å²) in [5.74, 6) is 0.570. The monoisotopic (exact) mass is 287 g/mol. The van der Waals surface area contributed by atoms with E-state index in [2.05, 4.69) is 11.9 Å². The molecule has 0 unspecified atom stereocenters. The second kappa shape index (κ2) is 6.26. The molecule has 0 saturated carbocycles. The summed E-state index contributed by atoms with van der Waals surface area (Å²) in [7, 11) is 0. The molecule has 3 heterocycles. The summed E-state index contributed by atoms with van der Waals surface area (Å²) in [5.41, 5.74) is 1.58. The lowest BCUT2D eigenvalue weighted by Gasteiger charge is -2.17. The first-order valence-corrected chi connectivity index (χ1v) is 7.57. The maximum absolute atomic E-state index is 12.5. The van der Waals surface area contributed by atoms with Crippen molar-refractivity contribution >= 4 is 11.6 Å². The van der Waals surface area contributed by atoms with Crippen molar-refractivity contribution in [3.63, 3.8) is 0 Å². The minimum Gasteiger partial charge on any atom is -0.381 e. The van der Waals surface area contributed by atoms with Crippen molar-refractivity contribution in [1.82, 2.24) is 14.3 Å². The van der Waals surface area contributed by atoms with Crippen LogP contribution in [-0.4, -0.2) is 46.5 Å². The zero-order chi connectivity index (χ0) is 14.7. The molecule has 1 fully saturated rings. The third-order valence-corrected chi connectivity index (χ3v) is 3.91. The molecule has 0 bridgehead atoms. The smallest absolute Gasteiger partial charge is 0.255 e. The Morgan fingerprint density at radius 2 is 2.38 bits per heavy atom. The van der Waals surface area contributed by atoms with Crippen LogP contribution in [-0.2, 0) is 4.74 Å². The van der Waals surface area contributed by atoms with Crippen LogP contribution < -0.4 is 0 Å². The van der Waals surface area contributed by atoms with Crippen molar-refractivity contribution in [1.29, 1.82) is 0 Å². The molecule has 0 N–H and O–H groups in total. The quantitative estimate of drug-likeness (QED) is 0.792. The summed E-state index contributed by atoms with van der Waals surface area (Å²) in [4.78, 5) is 18.7. The fourth-order valence-corrected chi connectivity index (χ4v) is 2.78. The molecular weight excluding hydrogens is 266 g/mol. The number of amides is 1. The molecule has 3 rings (SSSR count). The van der Waals surface area contributed by atoms with Crippen LogP contribution in [0, 0.1) is 5.92 Å². The van der Waals surface area contributed by atoms with Gasteiger partial charge in [-0.3, -0.25) is 4.79 Å². The van der Waals surface area contributed by atoms with Crippen molar-refractivity contribution in [3.8, 4) is 0 Å². The van der Waals surface area contributed by atoms with Crippen molar-refractivity contribution in [2.24, 2.45) is 5.92 Å². The molecule has 0 aromatic carbocycles. The van der Waals surface area contributed by atoms with Gasteiger partial charge in [0.1, 0.15) is 5.65 Å². The van der Waals surface area contributed by atoms with Crippen molar-refractivity contribution in [2.75, 3.05) is 26.3 Å². The molecule has 112 valence electrons. The number of nitrogens with zero attached hydrogens (tertiary/aromatic N) is 3. The number of ether oxygens (including phenoxy) is 1. The number of carbonyl (C=O) groups is 1. The third kappa shape index (κ3) is 3.08. The maximum atomic E-state index is 12.5. The highest BCUT2D eigenvalue weighted by Gasteiger charge is 2.27. The van der Waals surface area contributed by atoms with Crippen LogP contribution in [0.3, 0.4) is 0 Å². The van der Waals surface area contributed by atoms with Crippen LogP contribution in [0.2, 0.25) is 0 Å². The largest absolute Gasteiger partial charge is 0.381 e. The summed E-state index contributed by atoms with van der Waals surface area (Å²) in [5, 5.41) is 0. The van der Waals surface area contributed by atoms with Gasteiger partial charge in [0, 0.05) is 44.2 Å². The number of aromatic nitrogens is 2. The molecule has 1 amide bonds. The van der Waals surface area contributed by atoms with Gasteiger partial charge in [0.25, 0.3) is 5.91 Å². The highest BCUT2D eigenvalue weighted by Crippen LogP contribution is 2.19. The molecule has 1 aliphatic rings. The van der Waals surface area contributed by atoms with Crippen molar-refractivity contribution in [3.05, 3.63) is 36.3 Å². The molecule has 0 radical (unpaired) electrons. The van der Waals surface area contributed by atoms with E-state index in [1.165, 1.54) is 0 Å². The molecule has 1 saturated heterocycles. The minimum absolute atomic E-state index is 0.101. The minimum atomic E-state index is 0.101. The predicted octanol–water partition coefficient (Wildman–Crippen LogP) is 2.22. The molecule has 0 spiro atoms. The van der Waals surface area contributed by atoms with E-state index in [1.54, 1.807) is 6.20 Å². The van der Waals surface area contributed by atoms with Gasteiger partial charge in [-0.1, -0.05) is 6.92 Å². The van der Waals surface area contributed by atoms with E-state index in [1.807, 2.05) is 33.8 Å². The van der Waals surface area contributed by atoms with E-state index in [9.17, 15) is 4.79 Å². The zero-order valence-corrected chi connectivity index (χ0v) is 12.4. The predicted molar refractivity (Wildman–Crippen MR) is 80.3 cm³/mol. The van der Waals surface area contributed by atoms with Gasteiger partial charge in [0.15, 0.2) is 0 Å². The Bertz CT molecular complexity index is 623. The van der Waals surface area contributed by atoms with Crippen LogP contribution in [0.25, 0.3) is 5.65 Å². The van der Waals surface area contributed by atoms with Crippen LogP contribution in [0.5, 0.6) is 0 Å². The van der Waals surface area contributed by atoms with Gasteiger partial charge in [-0.15, -0.1) is 0 Å². The Kier molecular flexibility index (Phi) is 4.20. The number of hydrogen-bond donors (Lipinski definition) is 0. The van der Waals surface area contributed by atoms with E-state index in [-0.39, 0.29) is 5.91 Å². The fourth-order valence-electron chi connectivity index (χ4n) is 2.78. The number of likely N-dealkylation sites (tertiary alicyclic amines) is 1. The normalized spacial score (nSPS) is 18.5. The Hall–Kier alpha value is -1.88. The van der Waals surface area contributed by atoms with Gasteiger partial charge in [0.2, 0.25) is 0 Å². The number of hydrogen-bond acceptors (Lipinski definition) is 3. The van der Waals surface area contributed by atoms with Gasteiger partial charge in [-0.05, 0) is 25.0 Å². The van der Waals surface area contributed by atoms with Gasteiger partial charge >= 0.3 is 0 Å². The van der Waals surface area contributed by atoms with E-state index in [0.717, 1.165) is 50.4 Å². The Morgan fingerprint density at radius 3 is 3.24 bits per heavy atom. The van der Waals surface area contributed by atoms with Gasteiger partial charge < -0.3 is 14.0 Å². The van der Waals surface area contributed by atoms with Crippen molar-refractivity contribution < 1.29 is 9.53 Å². The van der Waals surface area contributed by atoms with Gasteiger partial charge in [-0.25, -0.2) is 4.98 Å².